The lowest BCUT2D eigenvalue weighted by atomic mass is 9.86. The van der Waals surface area contributed by atoms with Gasteiger partial charge in [-0.3, -0.25) is 0 Å². The molecule has 1 unspecified atom stereocenters. The number of hydrogen-bond acceptors (Lipinski definition) is 1. The predicted molar refractivity (Wildman–Crippen MR) is 84.7 cm³/mol. The number of rotatable bonds is 3. The van der Waals surface area contributed by atoms with E-state index in [1.807, 2.05) is 6.07 Å². The first-order valence-electron chi connectivity index (χ1n) is 7.39. The number of para-hydroxylation sites is 1. The van der Waals surface area contributed by atoms with Gasteiger partial charge in [0.15, 0.2) is 0 Å². The monoisotopic (exact) mass is 264 g/mol. The molecule has 0 bridgehead atoms. The molecule has 20 heavy (non-hydrogen) atoms. The Morgan fingerprint density at radius 2 is 1.60 bits per heavy atom. The van der Waals surface area contributed by atoms with E-state index in [0.29, 0.717) is 0 Å². The number of hydrogen-bond donors (Lipinski definition) is 0. The molecule has 0 saturated carbocycles. The standard InChI is InChI=1S/C19H20O/c1-3-15-16-12-8-9-13-18(16)20-17(4-2)19(15)14-10-6-5-7-11-14/h5-13,17H,3-4H2,1-2H3. The van der Waals surface area contributed by atoms with Gasteiger partial charge in [-0.2, -0.15) is 0 Å². The summed E-state index contributed by atoms with van der Waals surface area (Å²) in [7, 11) is 0. The topological polar surface area (TPSA) is 9.23 Å². The summed E-state index contributed by atoms with van der Waals surface area (Å²) < 4.78 is 6.22. The molecule has 0 spiro atoms. The SMILES string of the molecule is CCC1=C(c2ccccc2)C(CC)Oc2ccccc21. The zero-order chi connectivity index (χ0) is 13.9. The largest absolute Gasteiger partial charge is 0.485 e. The van der Waals surface area contributed by atoms with Gasteiger partial charge < -0.3 is 4.74 Å². The van der Waals surface area contributed by atoms with Crippen LogP contribution in [0, 0.1) is 0 Å². The van der Waals surface area contributed by atoms with Gasteiger partial charge in [-0.15, -0.1) is 0 Å². The third kappa shape index (κ3) is 2.14. The molecule has 1 nitrogen and oxygen atoms in total. The van der Waals surface area contributed by atoms with Crippen molar-refractivity contribution >= 4 is 11.1 Å². The van der Waals surface area contributed by atoms with E-state index in [9.17, 15) is 0 Å². The smallest absolute Gasteiger partial charge is 0.127 e. The maximum atomic E-state index is 6.22. The van der Waals surface area contributed by atoms with Crippen molar-refractivity contribution < 1.29 is 4.74 Å². The van der Waals surface area contributed by atoms with Crippen molar-refractivity contribution in [3.63, 3.8) is 0 Å². The fourth-order valence-corrected chi connectivity index (χ4v) is 3.02. The number of allylic oxidation sites excluding steroid dienone is 1. The Hall–Kier alpha value is -2.02. The first-order valence-corrected chi connectivity index (χ1v) is 7.39. The van der Waals surface area contributed by atoms with Crippen LogP contribution in [0.1, 0.15) is 37.8 Å². The molecular weight excluding hydrogens is 244 g/mol. The summed E-state index contributed by atoms with van der Waals surface area (Å²) in [6.07, 6.45) is 2.17. The lowest BCUT2D eigenvalue weighted by Gasteiger charge is -2.31. The molecule has 3 rings (SSSR count). The fraction of sp³-hybridized carbons (Fsp3) is 0.263. The van der Waals surface area contributed by atoms with Gasteiger partial charge in [-0.05, 0) is 30.0 Å². The molecule has 0 amide bonds. The van der Waals surface area contributed by atoms with Crippen LogP contribution in [-0.4, -0.2) is 6.10 Å². The van der Waals surface area contributed by atoms with E-state index in [2.05, 4.69) is 62.4 Å². The Kier molecular flexibility index (Phi) is 3.60. The van der Waals surface area contributed by atoms with Crippen LogP contribution in [0.2, 0.25) is 0 Å². The van der Waals surface area contributed by atoms with E-state index < -0.39 is 0 Å². The van der Waals surface area contributed by atoms with Crippen LogP contribution in [0.3, 0.4) is 0 Å². The second-order valence-corrected chi connectivity index (χ2v) is 5.12. The van der Waals surface area contributed by atoms with Gasteiger partial charge >= 0.3 is 0 Å². The molecule has 0 fully saturated rings. The van der Waals surface area contributed by atoms with Gasteiger partial charge in [-0.25, -0.2) is 0 Å². The third-order valence-electron chi connectivity index (χ3n) is 3.94. The minimum atomic E-state index is 0.155. The van der Waals surface area contributed by atoms with Gasteiger partial charge in [0.2, 0.25) is 0 Å². The van der Waals surface area contributed by atoms with E-state index in [1.165, 1.54) is 22.3 Å². The molecule has 0 saturated heterocycles. The van der Waals surface area contributed by atoms with Crippen LogP contribution in [0.4, 0.5) is 0 Å². The molecule has 0 radical (unpaired) electrons. The number of ether oxygens (including phenoxy) is 1. The van der Waals surface area contributed by atoms with E-state index in [1.54, 1.807) is 0 Å². The Labute approximate surface area is 120 Å². The minimum absolute atomic E-state index is 0.155. The van der Waals surface area contributed by atoms with E-state index in [-0.39, 0.29) is 6.10 Å². The summed E-state index contributed by atoms with van der Waals surface area (Å²) in [5.41, 5.74) is 5.31. The summed E-state index contributed by atoms with van der Waals surface area (Å²) in [6.45, 7) is 4.42. The van der Waals surface area contributed by atoms with Gasteiger partial charge in [0, 0.05) is 11.1 Å². The first-order chi connectivity index (χ1) is 9.85. The Bertz CT molecular complexity index is 625. The molecule has 102 valence electrons. The lowest BCUT2D eigenvalue weighted by molar-refractivity contribution is 0.249. The Morgan fingerprint density at radius 3 is 2.30 bits per heavy atom. The maximum absolute atomic E-state index is 6.22. The minimum Gasteiger partial charge on any atom is -0.485 e. The molecule has 1 heterocycles. The van der Waals surface area contributed by atoms with Gasteiger partial charge in [0.05, 0.1) is 0 Å². The summed E-state index contributed by atoms with van der Waals surface area (Å²) in [6, 6.07) is 19.0. The first kappa shape index (κ1) is 13.0. The molecule has 1 aliphatic rings. The summed E-state index contributed by atoms with van der Waals surface area (Å²) in [5.74, 6) is 1.02. The summed E-state index contributed by atoms with van der Waals surface area (Å²) in [4.78, 5) is 0. The van der Waals surface area contributed by atoms with Crippen molar-refractivity contribution in [3.05, 3.63) is 65.7 Å². The highest BCUT2D eigenvalue weighted by atomic mass is 16.5. The molecule has 0 aromatic heterocycles. The quantitative estimate of drug-likeness (QED) is 0.742. The van der Waals surface area contributed by atoms with Gasteiger partial charge in [-0.1, -0.05) is 62.4 Å². The average Bonchev–Trinajstić information content (AvgIpc) is 2.53. The highest BCUT2D eigenvalue weighted by Gasteiger charge is 2.27. The summed E-state index contributed by atoms with van der Waals surface area (Å²) >= 11 is 0. The van der Waals surface area contributed by atoms with Crippen LogP contribution in [-0.2, 0) is 0 Å². The Balaban J connectivity index is 2.23. The molecule has 0 N–H and O–H groups in total. The molecule has 0 aliphatic carbocycles. The maximum Gasteiger partial charge on any atom is 0.127 e. The Morgan fingerprint density at radius 1 is 0.900 bits per heavy atom. The zero-order valence-corrected chi connectivity index (χ0v) is 12.1. The van der Waals surface area contributed by atoms with Crippen LogP contribution >= 0.6 is 0 Å². The number of fused-ring (bicyclic) bond motifs is 1. The molecule has 2 aromatic rings. The average molecular weight is 264 g/mol. The number of benzene rings is 2. The second-order valence-electron chi connectivity index (χ2n) is 5.12. The molecule has 1 atom stereocenters. The van der Waals surface area contributed by atoms with Crippen molar-refractivity contribution in [1.29, 1.82) is 0 Å². The fourth-order valence-electron chi connectivity index (χ4n) is 3.02. The molecule has 1 aliphatic heterocycles. The summed E-state index contributed by atoms with van der Waals surface area (Å²) in [5, 5.41) is 0. The normalized spacial score (nSPS) is 17.6. The highest BCUT2D eigenvalue weighted by molar-refractivity contribution is 5.95. The molecular formula is C19H20O. The molecule has 1 heteroatoms. The van der Waals surface area contributed by atoms with E-state index in [0.717, 1.165) is 18.6 Å². The highest BCUT2D eigenvalue weighted by Crippen LogP contribution is 2.42. The van der Waals surface area contributed by atoms with E-state index in [4.69, 9.17) is 4.74 Å². The van der Waals surface area contributed by atoms with Crippen LogP contribution in [0.25, 0.3) is 11.1 Å². The van der Waals surface area contributed by atoms with Crippen LogP contribution in [0.15, 0.2) is 54.6 Å². The predicted octanol–water partition coefficient (Wildman–Crippen LogP) is 5.18. The van der Waals surface area contributed by atoms with Gasteiger partial charge in [0.1, 0.15) is 11.9 Å². The van der Waals surface area contributed by atoms with Crippen molar-refractivity contribution in [1.82, 2.24) is 0 Å². The van der Waals surface area contributed by atoms with Crippen molar-refractivity contribution in [2.75, 3.05) is 0 Å². The third-order valence-corrected chi connectivity index (χ3v) is 3.94. The van der Waals surface area contributed by atoms with Crippen molar-refractivity contribution in [2.24, 2.45) is 0 Å². The van der Waals surface area contributed by atoms with E-state index >= 15 is 0 Å². The van der Waals surface area contributed by atoms with Crippen LogP contribution in [0.5, 0.6) is 5.75 Å². The molecule has 2 aromatic carbocycles. The van der Waals surface area contributed by atoms with Crippen LogP contribution < -0.4 is 4.74 Å². The van der Waals surface area contributed by atoms with Crippen molar-refractivity contribution in [2.45, 2.75) is 32.8 Å². The lowest BCUT2D eigenvalue weighted by Crippen LogP contribution is -2.23. The second kappa shape index (κ2) is 5.54. The zero-order valence-electron chi connectivity index (χ0n) is 12.1. The van der Waals surface area contributed by atoms with Crippen molar-refractivity contribution in [3.8, 4) is 5.75 Å². The van der Waals surface area contributed by atoms with Gasteiger partial charge in [0.25, 0.3) is 0 Å².